The number of carbonyl (C=O) groups excluding carboxylic acids is 1. The van der Waals surface area contributed by atoms with Crippen LogP contribution in [0.1, 0.15) is 6.42 Å². The monoisotopic (exact) mass is 273 g/mol. The molecule has 2 heterocycles. The van der Waals surface area contributed by atoms with Crippen LogP contribution in [-0.4, -0.2) is 36.7 Å². The molecule has 1 fully saturated rings. The smallest absolute Gasteiger partial charge is 0.307 e. The molecule has 8 heteroatoms. The Kier molecular flexibility index (Phi) is 2.90. The van der Waals surface area contributed by atoms with E-state index in [0.717, 1.165) is 0 Å². The number of anilines is 1. The molecular weight excluding hydrogens is 262 g/mol. The minimum absolute atomic E-state index is 0.313. The Morgan fingerprint density at radius 2 is 2.25 bits per heavy atom. The van der Waals surface area contributed by atoms with Crippen LogP contribution in [0.25, 0.3) is 5.82 Å². The number of nitrogens with zero attached hydrogens (tertiary/aromatic N) is 4. The maximum atomic E-state index is 12.0. The van der Waals surface area contributed by atoms with Gasteiger partial charge in [0.1, 0.15) is 12.7 Å². The van der Waals surface area contributed by atoms with Crippen molar-refractivity contribution >= 4 is 17.6 Å². The van der Waals surface area contributed by atoms with E-state index in [-0.39, 0.29) is 5.91 Å². The Labute approximate surface area is 113 Å². The van der Waals surface area contributed by atoms with Crippen molar-refractivity contribution in [1.29, 1.82) is 0 Å². The molecule has 0 spiro atoms. The van der Waals surface area contributed by atoms with E-state index in [1.807, 2.05) is 0 Å². The number of hydrogen-bond acceptors (Lipinski definition) is 5. The van der Waals surface area contributed by atoms with Gasteiger partial charge in [0.2, 0.25) is 5.91 Å². The maximum Gasteiger partial charge on any atom is 0.307 e. The first-order valence-corrected chi connectivity index (χ1v) is 6.00. The normalized spacial score (nSPS) is 20.4. The number of nitrogens with one attached hydrogen (secondary N) is 1. The van der Waals surface area contributed by atoms with E-state index < -0.39 is 17.8 Å². The average Bonchev–Trinajstić information content (AvgIpc) is 3.08. The summed E-state index contributed by atoms with van der Waals surface area (Å²) in [4.78, 5) is 30.7. The van der Waals surface area contributed by atoms with Crippen molar-refractivity contribution in [3.05, 3.63) is 31.0 Å². The van der Waals surface area contributed by atoms with Gasteiger partial charge in [-0.25, -0.2) is 14.6 Å². The van der Waals surface area contributed by atoms with Crippen LogP contribution in [0.4, 0.5) is 5.69 Å². The van der Waals surface area contributed by atoms with Crippen molar-refractivity contribution in [1.82, 2.24) is 19.7 Å². The summed E-state index contributed by atoms with van der Waals surface area (Å²) in [5.74, 6) is -1.87. The van der Waals surface area contributed by atoms with Crippen LogP contribution in [0.3, 0.4) is 0 Å². The Bertz CT molecular complexity index is 655. The van der Waals surface area contributed by atoms with Crippen LogP contribution in [0.2, 0.25) is 0 Å². The van der Waals surface area contributed by atoms with Crippen LogP contribution in [-0.2, 0) is 9.59 Å². The first-order valence-electron chi connectivity index (χ1n) is 6.00. The molecule has 2 aromatic rings. The van der Waals surface area contributed by atoms with E-state index >= 15 is 0 Å². The molecule has 0 saturated heterocycles. The van der Waals surface area contributed by atoms with Crippen molar-refractivity contribution in [3.63, 3.8) is 0 Å². The Morgan fingerprint density at radius 3 is 2.90 bits per heavy atom. The number of pyridine rings is 1. The van der Waals surface area contributed by atoms with E-state index in [2.05, 4.69) is 20.4 Å². The molecule has 0 radical (unpaired) electrons. The number of carbonyl (C=O) groups is 2. The molecule has 2 unspecified atom stereocenters. The van der Waals surface area contributed by atoms with Gasteiger partial charge in [0.05, 0.1) is 17.5 Å². The summed E-state index contributed by atoms with van der Waals surface area (Å²) in [6, 6.07) is 3.36. The van der Waals surface area contributed by atoms with Gasteiger partial charge in [0, 0.05) is 6.20 Å². The second-order valence-corrected chi connectivity index (χ2v) is 4.49. The fourth-order valence-electron chi connectivity index (χ4n) is 1.98. The number of aliphatic carboxylic acids is 1. The standard InChI is InChI=1S/C12H11N5O3/c18-11(7-4-8(7)12(19)20)16-9-2-1-3-14-10(9)17-6-13-5-15-17/h1-3,5-8H,4H2,(H,16,18)(H,19,20). The summed E-state index contributed by atoms with van der Waals surface area (Å²) in [5, 5.41) is 15.5. The molecule has 2 atom stereocenters. The van der Waals surface area contributed by atoms with Gasteiger partial charge in [-0.2, -0.15) is 5.10 Å². The third-order valence-corrected chi connectivity index (χ3v) is 3.12. The molecular formula is C12H11N5O3. The molecule has 1 amide bonds. The van der Waals surface area contributed by atoms with Crippen LogP contribution < -0.4 is 5.32 Å². The Balaban J connectivity index is 1.79. The van der Waals surface area contributed by atoms with Crippen LogP contribution >= 0.6 is 0 Å². The summed E-state index contributed by atoms with van der Waals surface area (Å²) in [6.07, 6.45) is 4.78. The highest BCUT2D eigenvalue weighted by Crippen LogP contribution is 2.39. The minimum atomic E-state index is -0.937. The predicted molar refractivity (Wildman–Crippen MR) is 67.0 cm³/mol. The highest BCUT2D eigenvalue weighted by Gasteiger charge is 2.48. The second-order valence-electron chi connectivity index (χ2n) is 4.49. The lowest BCUT2D eigenvalue weighted by Crippen LogP contribution is -2.18. The third kappa shape index (κ3) is 2.22. The molecule has 20 heavy (non-hydrogen) atoms. The molecule has 3 rings (SSSR count). The summed E-state index contributed by atoms with van der Waals surface area (Å²) < 4.78 is 1.43. The van der Waals surface area contributed by atoms with E-state index in [0.29, 0.717) is 17.9 Å². The lowest BCUT2D eigenvalue weighted by Gasteiger charge is -2.09. The van der Waals surface area contributed by atoms with Crippen molar-refractivity contribution in [3.8, 4) is 5.82 Å². The van der Waals surface area contributed by atoms with Gasteiger partial charge in [-0.1, -0.05) is 0 Å². The molecule has 0 aliphatic heterocycles. The lowest BCUT2D eigenvalue weighted by molar-refractivity contribution is -0.139. The van der Waals surface area contributed by atoms with Gasteiger partial charge in [0.25, 0.3) is 0 Å². The van der Waals surface area contributed by atoms with Crippen molar-refractivity contribution in [2.45, 2.75) is 6.42 Å². The van der Waals surface area contributed by atoms with Gasteiger partial charge < -0.3 is 10.4 Å². The van der Waals surface area contributed by atoms with Crippen LogP contribution in [0.5, 0.6) is 0 Å². The highest BCUT2D eigenvalue weighted by atomic mass is 16.4. The molecule has 0 aromatic carbocycles. The topological polar surface area (TPSA) is 110 Å². The number of aromatic nitrogens is 4. The number of rotatable bonds is 4. The van der Waals surface area contributed by atoms with E-state index in [1.54, 1.807) is 18.3 Å². The van der Waals surface area contributed by atoms with Gasteiger partial charge >= 0.3 is 5.97 Å². The quantitative estimate of drug-likeness (QED) is 0.830. The first-order chi connectivity index (χ1) is 9.66. The maximum absolute atomic E-state index is 12.0. The minimum Gasteiger partial charge on any atom is -0.481 e. The fraction of sp³-hybridized carbons (Fsp3) is 0.250. The third-order valence-electron chi connectivity index (χ3n) is 3.12. The Morgan fingerprint density at radius 1 is 1.40 bits per heavy atom. The van der Waals surface area contributed by atoms with E-state index in [1.165, 1.54) is 17.3 Å². The van der Waals surface area contributed by atoms with Gasteiger partial charge in [-0.3, -0.25) is 9.59 Å². The van der Waals surface area contributed by atoms with Crippen molar-refractivity contribution in [2.24, 2.45) is 11.8 Å². The summed E-state index contributed by atoms with van der Waals surface area (Å²) >= 11 is 0. The molecule has 1 aliphatic carbocycles. The largest absolute Gasteiger partial charge is 0.481 e. The number of carboxylic acids is 1. The predicted octanol–water partition coefficient (Wildman–Crippen LogP) is 0.322. The molecule has 2 aromatic heterocycles. The van der Waals surface area contributed by atoms with Gasteiger partial charge in [-0.15, -0.1) is 0 Å². The zero-order valence-corrected chi connectivity index (χ0v) is 10.3. The number of amides is 1. The number of hydrogen-bond donors (Lipinski definition) is 2. The van der Waals surface area contributed by atoms with E-state index in [9.17, 15) is 9.59 Å². The first kappa shape index (κ1) is 12.3. The lowest BCUT2D eigenvalue weighted by atomic mass is 10.3. The molecule has 1 saturated carbocycles. The fourth-order valence-corrected chi connectivity index (χ4v) is 1.98. The Hall–Kier alpha value is -2.77. The summed E-state index contributed by atoms with van der Waals surface area (Å²) in [7, 11) is 0. The van der Waals surface area contributed by atoms with Crippen LogP contribution in [0.15, 0.2) is 31.0 Å². The van der Waals surface area contributed by atoms with E-state index in [4.69, 9.17) is 5.11 Å². The molecule has 8 nitrogen and oxygen atoms in total. The average molecular weight is 273 g/mol. The van der Waals surface area contributed by atoms with Gasteiger partial charge in [0.15, 0.2) is 5.82 Å². The highest BCUT2D eigenvalue weighted by molar-refractivity contribution is 5.99. The van der Waals surface area contributed by atoms with Crippen molar-refractivity contribution < 1.29 is 14.7 Å². The zero-order chi connectivity index (χ0) is 14.1. The molecule has 1 aliphatic rings. The summed E-state index contributed by atoms with van der Waals surface area (Å²) in [6.45, 7) is 0. The SMILES string of the molecule is O=C(O)C1CC1C(=O)Nc1cccnc1-n1cncn1. The van der Waals surface area contributed by atoms with Gasteiger partial charge in [-0.05, 0) is 18.6 Å². The second kappa shape index (κ2) is 4.72. The summed E-state index contributed by atoms with van der Waals surface area (Å²) in [5.41, 5.74) is 0.471. The van der Waals surface area contributed by atoms with Crippen LogP contribution in [0, 0.1) is 11.8 Å². The van der Waals surface area contributed by atoms with Crippen molar-refractivity contribution in [2.75, 3.05) is 5.32 Å². The molecule has 0 bridgehead atoms. The molecule has 2 N–H and O–H groups in total. The number of carboxylic acid groups (broad SMARTS) is 1. The molecule has 102 valence electrons. The zero-order valence-electron chi connectivity index (χ0n) is 10.3.